The molecule has 0 unspecified atom stereocenters. The fourth-order valence-electron chi connectivity index (χ4n) is 0.602. The largest absolute Gasteiger partial charge is 0.423 e. The molecule has 50 valence electrons. The molecule has 0 fully saturated rings. The lowest BCUT2D eigenvalue weighted by atomic mass is 10.6. The predicted molar refractivity (Wildman–Crippen MR) is 35.4 cm³/mol. The van der Waals surface area contributed by atoms with E-state index in [1.165, 1.54) is 17.7 Å². The van der Waals surface area contributed by atoms with Crippen molar-refractivity contribution in [3.05, 3.63) is 18.1 Å². The zero-order chi connectivity index (χ0) is 6.81. The van der Waals surface area contributed by atoms with Crippen molar-refractivity contribution in [1.82, 2.24) is 15.2 Å². The molecule has 0 spiro atoms. The summed E-state index contributed by atoms with van der Waals surface area (Å²) in [6.07, 6.45) is 2.99. The summed E-state index contributed by atoms with van der Waals surface area (Å²) in [5.74, 6) is 0.530. The maximum absolute atomic E-state index is 4.93. The Morgan fingerprint density at radius 1 is 1.50 bits per heavy atom. The average Bonchev–Trinajstić information content (AvgIpc) is 2.59. The van der Waals surface area contributed by atoms with E-state index in [-0.39, 0.29) is 0 Å². The lowest BCUT2D eigenvalue weighted by Crippen LogP contribution is -1.69. The number of aromatic nitrogens is 3. The summed E-state index contributed by atoms with van der Waals surface area (Å²) in [5, 5.41) is 7.25. The second kappa shape index (κ2) is 2.18. The Morgan fingerprint density at radius 3 is 3.10 bits per heavy atom. The number of thiazole rings is 1. The van der Waals surface area contributed by atoms with Gasteiger partial charge in [0.25, 0.3) is 5.89 Å². The molecule has 0 radical (unpaired) electrons. The van der Waals surface area contributed by atoms with Gasteiger partial charge in [0.2, 0.25) is 6.39 Å². The number of hydrogen-bond acceptors (Lipinski definition) is 5. The van der Waals surface area contributed by atoms with E-state index in [2.05, 4.69) is 15.2 Å². The first-order chi connectivity index (χ1) is 4.97. The molecule has 0 saturated carbocycles. The highest BCUT2D eigenvalue weighted by atomic mass is 32.1. The number of nitrogens with zero attached hydrogens (tertiary/aromatic N) is 3. The molecule has 4 nitrogen and oxygen atoms in total. The molecule has 0 aliphatic carbocycles. The van der Waals surface area contributed by atoms with Gasteiger partial charge in [-0.15, -0.1) is 21.5 Å². The molecule has 0 bridgehead atoms. The van der Waals surface area contributed by atoms with Gasteiger partial charge in [0.05, 0.1) is 11.7 Å². The van der Waals surface area contributed by atoms with E-state index in [4.69, 9.17) is 4.42 Å². The van der Waals surface area contributed by atoms with Crippen LogP contribution in [0.4, 0.5) is 0 Å². The zero-order valence-corrected chi connectivity index (χ0v) is 5.71. The molecule has 2 aromatic heterocycles. The molecule has 0 N–H and O–H groups in total. The second-order valence-electron chi connectivity index (χ2n) is 1.61. The van der Waals surface area contributed by atoms with Crippen molar-refractivity contribution in [3.8, 4) is 10.8 Å². The van der Waals surface area contributed by atoms with Gasteiger partial charge in [-0.1, -0.05) is 0 Å². The van der Waals surface area contributed by atoms with Crippen LogP contribution in [-0.4, -0.2) is 15.2 Å². The van der Waals surface area contributed by atoms with Gasteiger partial charge in [-0.3, -0.25) is 4.98 Å². The van der Waals surface area contributed by atoms with Gasteiger partial charge in [-0.25, -0.2) is 0 Å². The van der Waals surface area contributed by atoms with Crippen LogP contribution in [0.5, 0.6) is 0 Å². The molecular weight excluding hydrogens is 150 g/mol. The zero-order valence-electron chi connectivity index (χ0n) is 4.89. The Balaban J connectivity index is 2.48. The highest BCUT2D eigenvalue weighted by Crippen LogP contribution is 2.19. The highest BCUT2D eigenvalue weighted by molar-refractivity contribution is 7.13. The van der Waals surface area contributed by atoms with Crippen molar-refractivity contribution in [3.63, 3.8) is 0 Å². The average molecular weight is 153 g/mol. The van der Waals surface area contributed by atoms with Gasteiger partial charge in [-0.2, -0.15) is 0 Å². The maximum atomic E-state index is 4.93. The molecule has 2 heterocycles. The summed E-state index contributed by atoms with van der Waals surface area (Å²) >= 11 is 1.47. The van der Waals surface area contributed by atoms with Crippen LogP contribution in [0.15, 0.2) is 22.5 Å². The fourth-order valence-corrected chi connectivity index (χ4v) is 1.15. The van der Waals surface area contributed by atoms with Gasteiger partial charge in [0.1, 0.15) is 4.88 Å². The third-order valence-corrected chi connectivity index (χ3v) is 1.76. The Labute approximate surface area is 60.6 Å². The summed E-state index contributed by atoms with van der Waals surface area (Å²) in [6, 6.07) is 0. The van der Waals surface area contributed by atoms with Crippen molar-refractivity contribution < 1.29 is 4.42 Å². The lowest BCUT2D eigenvalue weighted by Gasteiger charge is -1.79. The fraction of sp³-hybridized carbons (Fsp3) is 0. The molecule has 0 atom stereocenters. The molecule has 2 rings (SSSR count). The van der Waals surface area contributed by atoms with Gasteiger partial charge in [-0.05, 0) is 0 Å². The molecule has 0 saturated heterocycles. The third-order valence-electron chi connectivity index (χ3n) is 1.00. The van der Waals surface area contributed by atoms with Crippen LogP contribution >= 0.6 is 11.3 Å². The van der Waals surface area contributed by atoms with E-state index in [0.29, 0.717) is 5.89 Å². The van der Waals surface area contributed by atoms with Crippen molar-refractivity contribution in [1.29, 1.82) is 0 Å². The Kier molecular flexibility index (Phi) is 1.21. The second-order valence-corrected chi connectivity index (χ2v) is 2.50. The third kappa shape index (κ3) is 0.801. The van der Waals surface area contributed by atoms with E-state index in [9.17, 15) is 0 Å². The number of hydrogen-bond donors (Lipinski definition) is 0. The Morgan fingerprint density at radius 2 is 2.50 bits per heavy atom. The summed E-state index contributed by atoms with van der Waals surface area (Å²) < 4.78 is 4.93. The smallest absolute Gasteiger partial charge is 0.259 e. The molecule has 0 aromatic carbocycles. The predicted octanol–water partition coefficient (Wildman–Crippen LogP) is 1.19. The Bertz CT molecular complexity index is 256. The topological polar surface area (TPSA) is 51.8 Å². The number of rotatable bonds is 1. The first-order valence-electron chi connectivity index (χ1n) is 2.62. The summed E-state index contributed by atoms with van der Waals surface area (Å²) in [4.78, 5) is 4.77. The SMILES string of the molecule is c1nnc(-c2cncs2)o1. The van der Waals surface area contributed by atoms with Crippen LogP contribution in [0, 0.1) is 0 Å². The minimum Gasteiger partial charge on any atom is -0.423 e. The molecule has 0 aliphatic rings. The van der Waals surface area contributed by atoms with Crippen LogP contribution in [-0.2, 0) is 0 Å². The summed E-state index contributed by atoms with van der Waals surface area (Å²) in [7, 11) is 0. The van der Waals surface area contributed by atoms with E-state index in [0.717, 1.165) is 4.88 Å². The molecule has 5 heteroatoms. The maximum Gasteiger partial charge on any atom is 0.259 e. The minimum atomic E-state index is 0.530. The Hall–Kier alpha value is -1.23. The molecule has 0 aliphatic heterocycles. The summed E-state index contributed by atoms with van der Waals surface area (Å²) in [6.45, 7) is 0. The monoisotopic (exact) mass is 153 g/mol. The van der Waals surface area contributed by atoms with Crippen LogP contribution < -0.4 is 0 Å². The van der Waals surface area contributed by atoms with E-state index in [1.807, 2.05) is 0 Å². The first kappa shape index (κ1) is 5.55. The van der Waals surface area contributed by atoms with E-state index in [1.54, 1.807) is 11.7 Å². The highest BCUT2D eigenvalue weighted by Gasteiger charge is 2.02. The van der Waals surface area contributed by atoms with Gasteiger partial charge in [0, 0.05) is 0 Å². The van der Waals surface area contributed by atoms with Crippen LogP contribution in [0.25, 0.3) is 10.8 Å². The van der Waals surface area contributed by atoms with Gasteiger partial charge in [0.15, 0.2) is 0 Å². The molecule has 2 aromatic rings. The first-order valence-corrected chi connectivity index (χ1v) is 3.50. The quantitative estimate of drug-likeness (QED) is 0.617. The van der Waals surface area contributed by atoms with Crippen LogP contribution in [0.1, 0.15) is 0 Å². The van der Waals surface area contributed by atoms with E-state index >= 15 is 0 Å². The lowest BCUT2D eigenvalue weighted by molar-refractivity contribution is 0.570. The van der Waals surface area contributed by atoms with Crippen molar-refractivity contribution >= 4 is 11.3 Å². The van der Waals surface area contributed by atoms with Crippen molar-refractivity contribution in [2.45, 2.75) is 0 Å². The van der Waals surface area contributed by atoms with Crippen LogP contribution in [0.2, 0.25) is 0 Å². The standard InChI is InChI=1S/C5H3N3OS/c1-4(10-3-6-1)5-8-7-2-9-5/h1-3H. The van der Waals surface area contributed by atoms with Gasteiger partial charge < -0.3 is 4.42 Å². The molecule has 0 amide bonds. The summed E-state index contributed by atoms with van der Waals surface area (Å²) in [5.41, 5.74) is 1.72. The van der Waals surface area contributed by atoms with E-state index < -0.39 is 0 Å². The van der Waals surface area contributed by atoms with Gasteiger partial charge >= 0.3 is 0 Å². The van der Waals surface area contributed by atoms with Crippen LogP contribution in [0.3, 0.4) is 0 Å². The molecule has 10 heavy (non-hydrogen) atoms. The normalized spacial score (nSPS) is 10.0. The van der Waals surface area contributed by atoms with Crippen molar-refractivity contribution in [2.75, 3.05) is 0 Å². The minimum absolute atomic E-state index is 0.530. The van der Waals surface area contributed by atoms with Crippen molar-refractivity contribution in [2.24, 2.45) is 0 Å². The molecular formula is C5H3N3OS.